The molecule has 0 radical (unpaired) electrons. The third-order valence-corrected chi connectivity index (χ3v) is 7.08. The molecule has 0 amide bonds. The molecule has 1 aliphatic carbocycles. The van der Waals surface area contributed by atoms with Crippen LogP contribution >= 0.6 is 11.3 Å². The summed E-state index contributed by atoms with van der Waals surface area (Å²) in [7, 11) is 6.05. The third kappa shape index (κ3) is 2.66. The van der Waals surface area contributed by atoms with Crippen molar-refractivity contribution < 1.29 is 0 Å². The van der Waals surface area contributed by atoms with Gasteiger partial charge in [0, 0.05) is 37.6 Å². The van der Waals surface area contributed by atoms with Gasteiger partial charge in [-0.1, -0.05) is 36.4 Å². The molecule has 0 saturated heterocycles. The van der Waals surface area contributed by atoms with Gasteiger partial charge in [0.15, 0.2) is 5.43 Å². The van der Waals surface area contributed by atoms with Crippen molar-refractivity contribution >= 4 is 49.0 Å². The van der Waals surface area contributed by atoms with E-state index >= 15 is 0 Å². The van der Waals surface area contributed by atoms with Crippen LogP contribution < -0.4 is 10.3 Å². The first-order chi connectivity index (χ1) is 15.5. The zero-order chi connectivity index (χ0) is 22.0. The molecule has 0 spiro atoms. The summed E-state index contributed by atoms with van der Waals surface area (Å²) < 4.78 is 3.16. The number of thiazole rings is 1. The molecule has 156 valence electrons. The van der Waals surface area contributed by atoms with Crippen molar-refractivity contribution in [2.75, 3.05) is 19.0 Å². The van der Waals surface area contributed by atoms with Crippen molar-refractivity contribution in [1.82, 2.24) is 14.5 Å². The number of hydrogen-bond acceptors (Lipinski definition) is 5. The first kappa shape index (κ1) is 19.0. The molecule has 3 aromatic carbocycles. The summed E-state index contributed by atoms with van der Waals surface area (Å²) in [5, 5.41) is 2.27. The highest BCUT2D eigenvalue weighted by atomic mass is 32.1. The second kappa shape index (κ2) is 6.87. The molecule has 32 heavy (non-hydrogen) atoms. The number of aromatic nitrogens is 3. The van der Waals surface area contributed by atoms with Gasteiger partial charge in [0.2, 0.25) is 0 Å². The lowest BCUT2D eigenvalue weighted by molar-refractivity contribution is 0.949. The average Bonchev–Trinajstić information content (AvgIpc) is 3.23. The quantitative estimate of drug-likeness (QED) is 0.264. The number of para-hydroxylation sites is 1. The van der Waals surface area contributed by atoms with E-state index in [2.05, 4.69) is 21.6 Å². The van der Waals surface area contributed by atoms with E-state index in [-0.39, 0.29) is 5.43 Å². The lowest BCUT2D eigenvalue weighted by atomic mass is 9.98. The molecule has 1 aliphatic heterocycles. The van der Waals surface area contributed by atoms with Crippen LogP contribution in [0.25, 0.3) is 54.0 Å². The van der Waals surface area contributed by atoms with Crippen LogP contribution in [0.2, 0.25) is 0 Å². The molecule has 0 N–H and O–H groups in total. The second-order valence-electron chi connectivity index (χ2n) is 8.17. The molecular weight excluding hydrogens is 416 g/mol. The van der Waals surface area contributed by atoms with E-state index in [9.17, 15) is 4.79 Å². The van der Waals surface area contributed by atoms with Crippen LogP contribution in [-0.4, -0.2) is 28.6 Å². The summed E-state index contributed by atoms with van der Waals surface area (Å²) in [6.45, 7) is 0. The highest BCUT2D eigenvalue weighted by Crippen LogP contribution is 2.39. The smallest absolute Gasteiger partial charge is 0.198 e. The molecule has 0 saturated carbocycles. The van der Waals surface area contributed by atoms with Gasteiger partial charge in [-0.3, -0.25) is 4.79 Å². The molecule has 1 aromatic heterocycles. The summed E-state index contributed by atoms with van der Waals surface area (Å²) >= 11 is 1.55. The zero-order valence-electron chi connectivity index (χ0n) is 18.0. The largest absolute Gasteiger partial charge is 0.378 e. The van der Waals surface area contributed by atoms with Crippen LogP contribution in [0, 0.1) is 0 Å². The molecule has 6 rings (SSSR count). The van der Waals surface area contributed by atoms with E-state index in [1.54, 1.807) is 11.3 Å². The molecule has 0 unspecified atom stereocenters. The van der Waals surface area contributed by atoms with E-state index in [0.717, 1.165) is 48.7 Å². The van der Waals surface area contributed by atoms with Crippen LogP contribution in [0.5, 0.6) is 0 Å². The first-order valence-corrected chi connectivity index (χ1v) is 11.2. The van der Waals surface area contributed by atoms with Gasteiger partial charge >= 0.3 is 0 Å². The lowest BCUT2D eigenvalue weighted by Gasteiger charge is -2.21. The van der Waals surface area contributed by atoms with E-state index in [1.165, 1.54) is 0 Å². The maximum atomic E-state index is 13.8. The lowest BCUT2D eigenvalue weighted by Crippen LogP contribution is -2.15. The molecule has 4 aromatic rings. The molecule has 0 fully saturated rings. The fourth-order valence-corrected chi connectivity index (χ4v) is 5.40. The van der Waals surface area contributed by atoms with Gasteiger partial charge in [0.25, 0.3) is 0 Å². The summed E-state index contributed by atoms with van der Waals surface area (Å²) in [5.74, 6) is 0. The van der Waals surface area contributed by atoms with Crippen LogP contribution in [0.4, 0.5) is 5.69 Å². The highest BCUT2D eigenvalue weighted by Gasteiger charge is 2.25. The van der Waals surface area contributed by atoms with Crippen LogP contribution in [-0.2, 0) is 7.05 Å². The fraction of sp³-hybridized carbons (Fsp3) is 0.115. The van der Waals surface area contributed by atoms with Crippen LogP contribution in [0.3, 0.4) is 0 Å². The summed E-state index contributed by atoms with van der Waals surface area (Å²) in [6, 6.07) is 22.0. The molecule has 0 bridgehead atoms. The number of aryl methyl sites for hydroxylation is 1. The van der Waals surface area contributed by atoms with E-state index in [0.29, 0.717) is 10.9 Å². The molecule has 2 aliphatic rings. The fourth-order valence-electron chi connectivity index (χ4n) is 4.39. The van der Waals surface area contributed by atoms with E-state index < -0.39 is 0 Å². The first-order valence-electron chi connectivity index (χ1n) is 10.4. The van der Waals surface area contributed by atoms with Gasteiger partial charge in [0.1, 0.15) is 5.01 Å². The summed E-state index contributed by atoms with van der Waals surface area (Å²) in [4.78, 5) is 25.8. The Balaban J connectivity index is 1.83. The van der Waals surface area contributed by atoms with Gasteiger partial charge in [-0.15, -0.1) is 11.3 Å². The van der Waals surface area contributed by atoms with Crippen LogP contribution in [0.15, 0.2) is 71.5 Å². The normalized spacial score (nSPS) is 11.7. The van der Waals surface area contributed by atoms with Crippen molar-refractivity contribution in [3.05, 3.63) is 77.0 Å². The Kier molecular flexibility index (Phi) is 4.07. The Morgan fingerprint density at radius 3 is 2.41 bits per heavy atom. The number of hydrogen-bond donors (Lipinski definition) is 0. The Morgan fingerprint density at radius 1 is 0.875 bits per heavy atom. The molecule has 2 heterocycles. The van der Waals surface area contributed by atoms with Crippen molar-refractivity contribution in [2.45, 2.75) is 0 Å². The second-order valence-corrected chi connectivity index (χ2v) is 9.20. The van der Waals surface area contributed by atoms with E-state index in [1.807, 2.05) is 75.7 Å². The average molecular weight is 437 g/mol. The molecule has 6 heteroatoms. The predicted molar refractivity (Wildman–Crippen MR) is 134 cm³/mol. The minimum atomic E-state index is -0.00679. The van der Waals surface area contributed by atoms with E-state index in [4.69, 9.17) is 9.97 Å². The molecular formula is C26H20N4OS. The number of fused-ring (bicyclic) bond motifs is 5. The topological polar surface area (TPSA) is 51.0 Å². The number of anilines is 1. The number of benzene rings is 4. The Hall–Kier alpha value is -3.77. The minimum Gasteiger partial charge on any atom is -0.378 e. The Labute approximate surface area is 188 Å². The monoisotopic (exact) mass is 436 g/mol. The Bertz CT molecular complexity index is 1660. The Morgan fingerprint density at radius 2 is 1.62 bits per heavy atom. The SMILES string of the molecule is CN(C)c1ccc2nc3c4ccccc4c(=O)c(-c4nc5ccccc5s4)c-3n(C)c2c1. The number of rotatable bonds is 2. The molecule has 5 nitrogen and oxygen atoms in total. The molecule has 0 atom stereocenters. The van der Waals surface area contributed by atoms with Crippen molar-refractivity contribution in [3.63, 3.8) is 0 Å². The maximum Gasteiger partial charge on any atom is 0.198 e. The van der Waals surface area contributed by atoms with Crippen molar-refractivity contribution in [1.29, 1.82) is 0 Å². The standard InChI is InChI=1S/C26H20N4OS/c1-29(2)15-12-13-18-20(14-15)30(3)24-22(26-28-19-10-6-7-11-21(19)32-26)25(31)17-9-5-4-8-16(17)23(24)27-18/h4-14H,1-3H3. The maximum absolute atomic E-state index is 13.8. The zero-order valence-corrected chi connectivity index (χ0v) is 18.8. The van der Waals surface area contributed by atoms with Crippen LogP contribution in [0.1, 0.15) is 0 Å². The van der Waals surface area contributed by atoms with Crippen molar-refractivity contribution in [3.8, 4) is 22.0 Å². The minimum absolute atomic E-state index is 0.00679. The number of nitrogens with zero attached hydrogens (tertiary/aromatic N) is 4. The summed E-state index contributed by atoms with van der Waals surface area (Å²) in [5.41, 5.74) is 6.10. The van der Waals surface area contributed by atoms with Crippen molar-refractivity contribution in [2.24, 2.45) is 7.05 Å². The van der Waals surface area contributed by atoms with Gasteiger partial charge in [-0.2, -0.15) is 0 Å². The van der Waals surface area contributed by atoms with Gasteiger partial charge in [-0.05, 0) is 30.3 Å². The summed E-state index contributed by atoms with van der Waals surface area (Å²) in [6.07, 6.45) is 0. The van der Waals surface area contributed by atoms with Gasteiger partial charge in [0.05, 0.1) is 38.2 Å². The predicted octanol–water partition coefficient (Wildman–Crippen LogP) is 5.53. The third-order valence-electron chi connectivity index (χ3n) is 6.03. The van der Waals surface area contributed by atoms with Gasteiger partial charge < -0.3 is 9.47 Å². The van der Waals surface area contributed by atoms with Gasteiger partial charge in [-0.25, -0.2) is 9.97 Å². The highest BCUT2D eigenvalue weighted by molar-refractivity contribution is 7.21.